The molecule has 5 heteroatoms. The highest BCUT2D eigenvalue weighted by Gasteiger charge is 2.32. The fourth-order valence-corrected chi connectivity index (χ4v) is 2.55. The lowest BCUT2D eigenvalue weighted by atomic mass is 10.2. The molecule has 0 fully saturated rings. The molecule has 2 aliphatic heterocycles. The van der Waals surface area contributed by atoms with E-state index in [1.165, 1.54) is 11.4 Å². The van der Waals surface area contributed by atoms with E-state index in [1.807, 2.05) is 0 Å². The first kappa shape index (κ1) is 12.5. The highest BCUT2D eigenvalue weighted by molar-refractivity contribution is 6.20. The SMILES string of the molecule is Cl.ClCCN1C2=NCCCN2c2ccccc21. The number of hydrogen-bond donors (Lipinski definition) is 0. The van der Waals surface area contributed by atoms with Gasteiger partial charge < -0.3 is 9.80 Å². The van der Waals surface area contributed by atoms with Gasteiger partial charge in [-0.2, -0.15) is 0 Å². The van der Waals surface area contributed by atoms with E-state index in [4.69, 9.17) is 11.6 Å². The van der Waals surface area contributed by atoms with Crippen LogP contribution in [0.15, 0.2) is 29.3 Å². The lowest BCUT2D eigenvalue weighted by molar-refractivity contribution is 0.787. The van der Waals surface area contributed by atoms with Crippen molar-refractivity contribution in [3.8, 4) is 0 Å². The molecule has 2 aliphatic rings. The van der Waals surface area contributed by atoms with Crippen LogP contribution in [0.25, 0.3) is 0 Å². The van der Waals surface area contributed by atoms with Crippen LogP contribution in [0.5, 0.6) is 0 Å². The van der Waals surface area contributed by atoms with Crippen molar-refractivity contribution in [1.82, 2.24) is 0 Å². The number of benzene rings is 1. The average Bonchev–Trinajstić information content (AvgIpc) is 2.66. The second-order valence-corrected chi connectivity index (χ2v) is 4.39. The summed E-state index contributed by atoms with van der Waals surface area (Å²) in [5, 5.41) is 0. The molecule has 0 atom stereocenters. The maximum atomic E-state index is 5.86. The van der Waals surface area contributed by atoms with Crippen LogP contribution in [0, 0.1) is 0 Å². The van der Waals surface area contributed by atoms with Crippen LogP contribution in [0.1, 0.15) is 6.42 Å². The van der Waals surface area contributed by atoms with E-state index in [0.29, 0.717) is 5.88 Å². The maximum absolute atomic E-state index is 5.86. The van der Waals surface area contributed by atoms with Gasteiger partial charge in [-0.3, -0.25) is 4.99 Å². The molecular weight excluding hydrogens is 257 g/mol. The molecule has 0 unspecified atom stereocenters. The summed E-state index contributed by atoms with van der Waals surface area (Å²) in [5.41, 5.74) is 2.51. The third kappa shape index (κ3) is 1.98. The number of hydrogen-bond acceptors (Lipinski definition) is 3. The molecule has 0 saturated carbocycles. The van der Waals surface area contributed by atoms with E-state index in [-0.39, 0.29) is 12.4 Å². The van der Waals surface area contributed by atoms with Gasteiger partial charge in [0.1, 0.15) is 0 Å². The minimum absolute atomic E-state index is 0. The molecule has 92 valence electrons. The van der Waals surface area contributed by atoms with E-state index < -0.39 is 0 Å². The second kappa shape index (κ2) is 5.15. The Morgan fingerprint density at radius 2 is 2.00 bits per heavy atom. The fourth-order valence-electron chi connectivity index (χ4n) is 2.39. The van der Waals surface area contributed by atoms with Crippen molar-refractivity contribution < 1.29 is 0 Å². The summed E-state index contributed by atoms with van der Waals surface area (Å²) < 4.78 is 0. The van der Waals surface area contributed by atoms with E-state index in [9.17, 15) is 0 Å². The van der Waals surface area contributed by atoms with Crippen molar-refractivity contribution in [1.29, 1.82) is 0 Å². The average molecular weight is 272 g/mol. The molecule has 0 amide bonds. The van der Waals surface area contributed by atoms with Crippen LogP contribution in [-0.4, -0.2) is 31.5 Å². The first-order valence-corrected chi connectivity index (χ1v) is 6.20. The number of fused-ring (bicyclic) bond motifs is 3. The monoisotopic (exact) mass is 271 g/mol. The standard InChI is InChI=1S/C12H14ClN3.ClH/c13-6-9-16-11-5-2-1-4-10(11)15-8-3-7-14-12(15)16;/h1-2,4-5H,3,6-9H2;1H. The summed E-state index contributed by atoms with van der Waals surface area (Å²) in [5.74, 6) is 1.70. The fraction of sp³-hybridized carbons (Fsp3) is 0.417. The number of guanidine groups is 1. The number of rotatable bonds is 2. The Balaban J connectivity index is 0.00000108. The lowest BCUT2D eigenvalue weighted by Gasteiger charge is -2.26. The molecule has 0 aromatic heterocycles. The Bertz CT molecular complexity index is 434. The van der Waals surface area contributed by atoms with E-state index in [1.54, 1.807) is 0 Å². The highest BCUT2D eigenvalue weighted by atomic mass is 35.5. The molecule has 0 spiro atoms. The van der Waals surface area contributed by atoms with Crippen molar-refractivity contribution in [3.63, 3.8) is 0 Å². The zero-order chi connectivity index (χ0) is 11.0. The summed E-state index contributed by atoms with van der Waals surface area (Å²) in [6.45, 7) is 2.82. The molecule has 2 heterocycles. The van der Waals surface area contributed by atoms with Crippen LogP contribution in [-0.2, 0) is 0 Å². The van der Waals surface area contributed by atoms with Crippen LogP contribution in [0.4, 0.5) is 11.4 Å². The van der Waals surface area contributed by atoms with Crippen molar-refractivity contribution in [3.05, 3.63) is 24.3 Å². The molecular formula is C12H15Cl2N3. The Morgan fingerprint density at radius 3 is 2.76 bits per heavy atom. The van der Waals surface area contributed by atoms with Gasteiger partial charge in [0.15, 0.2) is 0 Å². The number of aliphatic imine (C=N–C) groups is 1. The van der Waals surface area contributed by atoms with Gasteiger partial charge in [0, 0.05) is 25.5 Å². The van der Waals surface area contributed by atoms with Crippen molar-refractivity contribution in [2.45, 2.75) is 6.42 Å². The van der Waals surface area contributed by atoms with Crippen LogP contribution >= 0.6 is 24.0 Å². The highest BCUT2D eigenvalue weighted by Crippen LogP contribution is 2.37. The van der Waals surface area contributed by atoms with E-state index in [2.05, 4.69) is 39.1 Å². The number of anilines is 2. The van der Waals surface area contributed by atoms with Gasteiger partial charge in [-0.25, -0.2) is 0 Å². The van der Waals surface area contributed by atoms with Crippen LogP contribution in [0.3, 0.4) is 0 Å². The van der Waals surface area contributed by atoms with Gasteiger partial charge >= 0.3 is 0 Å². The molecule has 1 aromatic rings. The summed E-state index contributed by atoms with van der Waals surface area (Å²) in [4.78, 5) is 9.14. The van der Waals surface area contributed by atoms with E-state index >= 15 is 0 Å². The minimum atomic E-state index is 0. The molecule has 0 aliphatic carbocycles. The third-order valence-electron chi connectivity index (χ3n) is 3.05. The Kier molecular flexibility index (Phi) is 3.79. The van der Waals surface area contributed by atoms with E-state index in [0.717, 1.165) is 32.0 Å². The van der Waals surface area contributed by atoms with Gasteiger partial charge in [-0.1, -0.05) is 12.1 Å². The first-order valence-electron chi connectivity index (χ1n) is 5.66. The zero-order valence-electron chi connectivity index (χ0n) is 9.47. The topological polar surface area (TPSA) is 18.8 Å². The van der Waals surface area contributed by atoms with Crippen molar-refractivity contribution in [2.24, 2.45) is 4.99 Å². The number of para-hydroxylation sites is 2. The quantitative estimate of drug-likeness (QED) is 0.771. The number of halogens is 2. The minimum Gasteiger partial charge on any atom is -0.310 e. The summed E-state index contributed by atoms with van der Waals surface area (Å²) in [6.07, 6.45) is 1.13. The third-order valence-corrected chi connectivity index (χ3v) is 3.22. The smallest absolute Gasteiger partial charge is 0.205 e. The maximum Gasteiger partial charge on any atom is 0.205 e. The Morgan fingerprint density at radius 1 is 1.24 bits per heavy atom. The molecule has 0 N–H and O–H groups in total. The molecule has 3 rings (SSSR count). The molecule has 1 aromatic carbocycles. The molecule has 3 nitrogen and oxygen atoms in total. The van der Waals surface area contributed by atoms with Gasteiger partial charge in [0.05, 0.1) is 11.4 Å². The van der Waals surface area contributed by atoms with Crippen molar-refractivity contribution >= 4 is 41.3 Å². The second-order valence-electron chi connectivity index (χ2n) is 4.02. The normalized spacial score (nSPS) is 17.1. The van der Waals surface area contributed by atoms with Gasteiger partial charge in [-0.05, 0) is 18.6 Å². The van der Waals surface area contributed by atoms with Gasteiger partial charge in [0.25, 0.3) is 0 Å². The first-order chi connectivity index (χ1) is 7.92. The molecule has 0 bridgehead atoms. The predicted molar refractivity (Wildman–Crippen MR) is 76.0 cm³/mol. The Hall–Kier alpha value is -0.930. The van der Waals surface area contributed by atoms with Crippen molar-refractivity contribution in [2.75, 3.05) is 35.3 Å². The van der Waals surface area contributed by atoms with Crippen LogP contribution in [0.2, 0.25) is 0 Å². The predicted octanol–water partition coefficient (Wildman–Crippen LogP) is 2.73. The molecule has 17 heavy (non-hydrogen) atoms. The van der Waals surface area contributed by atoms with Crippen LogP contribution < -0.4 is 9.80 Å². The zero-order valence-corrected chi connectivity index (χ0v) is 11.0. The largest absolute Gasteiger partial charge is 0.310 e. The number of nitrogens with zero attached hydrogens (tertiary/aromatic N) is 3. The molecule has 0 radical (unpaired) electrons. The van der Waals surface area contributed by atoms with Gasteiger partial charge in [0.2, 0.25) is 5.96 Å². The number of alkyl halides is 1. The summed E-state index contributed by atoms with van der Waals surface area (Å²) in [7, 11) is 0. The summed E-state index contributed by atoms with van der Waals surface area (Å²) >= 11 is 5.86. The van der Waals surface area contributed by atoms with Gasteiger partial charge in [-0.15, -0.1) is 24.0 Å². The summed E-state index contributed by atoms with van der Waals surface area (Å²) in [6, 6.07) is 8.45. The Labute approximate surface area is 112 Å². The lowest BCUT2D eigenvalue weighted by Crippen LogP contribution is -2.42. The molecule has 0 saturated heterocycles.